The molecule has 0 spiro atoms. The second kappa shape index (κ2) is 10.7. The van der Waals surface area contributed by atoms with Gasteiger partial charge in [-0.05, 0) is 48.2 Å². The largest absolute Gasteiger partial charge is 0.332 e. The molecule has 3 aromatic rings. The summed E-state index contributed by atoms with van der Waals surface area (Å²) in [6, 6.07) is 17.3. The second-order valence-electron chi connectivity index (χ2n) is 7.30. The minimum absolute atomic E-state index is 0.0642. The van der Waals surface area contributed by atoms with Crippen molar-refractivity contribution in [1.82, 2.24) is 9.80 Å². The van der Waals surface area contributed by atoms with Crippen LogP contribution in [0.2, 0.25) is 0 Å². The molecular weight excluding hydrogens is 411 g/mol. The number of halogens is 1. The van der Waals surface area contributed by atoms with Crippen molar-refractivity contribution >= 4 is 23.2 Å². The third-order valence-corrected chi connectivity index (χ3v) is 5.69. The van der Waals surface area contributed by atoms with Crippen molar-refractivity contribution in [3.05, 3.63) is 106 Å². The molecule has 0 N–H and O–H groups in total. The molecule has 0 radical (unpaired) electrons. The predicted molar refractivity (Wildman–Crippen MR) is 122 cm³/mol. The molecule has 31 heavy (non-hydrogen) atoms. The first-order valence-corrected chi connectivity index (χ1v) is 10.9. The van der Waals surface area contributed by atoms with E-state index in [1.165, 1.54) is 17.0 Å². The molecule has 1 heterocycles. The lowest BCUT2D eigenvalue weighted by Crippen LogP contribution is -2.42. The summed E-state index contributed by atoms with van der Waals surface area (Å²) >= 11 is 1.56. The van der Waals surface area contributed by atoms with E-state index in [1.807, 2.05) is 36.6 Å². The van der Waals surface area contributed by atoms with Gasteiger partial charge in [0.1, 0.15) is 12.4 Å². The van der Waals surface area contributed by atoms with Crippen LogP contribution in [0.3, 0.4) is 0 Å². The molecular formula is C25H25FN2O2S. The maximum atomic E-state index is 13.3. The van der Waals surface area contributed by atoms with Gasteiger partial charge in [-0.25, -0.2) is 4.39 Å². The Balaban J connectivity index is 1.78. The van der Waals surface area contributed by atoms with E-state index in [4.69, 9.17) is 0 Å². The second-order valence-corrected chi connectivity index (χ2v) is 8.33. The number of hydrogen-bond acceptors (Lipinski definition) is 3. The topological polar surface area (TPSA) is 40.6 Å². The van der Waals surface area contributed by atoms with Crippen molar-refractivity contribution < 1.29 is 14.0 Å². The Hall–Kier alpha value is -3.25. The number of nitrogens with zero attached hydrogens (tertiary/aromatic N) is 2. The van der Waals surface area contributed by atoms with Crippen LogP contribution in [0.4, 0.5) is 4.39 Å². The lowest BCUT2D eigenvalue weighted by Gasteiger charge is -2.27. The van der Waals surface area contributed by atoms with Gasteiger partial charge in [-0.1, -0.05) is 42.0 Å². The highest BCUT2D eigenvalue weighted by atomic mass is 32.1. The molecule has 0 atom stereocenters. The quantitative estimate of drug-likeness (QED) is 0.440. The molecule has 1 aromatic heterocycles. The number of rotatable bonds is 9. The van der Waals surface area contributed by atoms with E-state index in [9.17, 15) is 14.0 Å². The van der Waals surface area contributed by atoms with Gasteiger partial charge in [-0.3, -0.25) is 9.59 Å². The van der Waals surface area contributed by atoms with Gasteiger partial charge < -0.3 is 9.80 Å². The fourth-order valence-corrected chi connectivity index (χ4v) is 3.87. The van der Waals surface area contributed by atoms with Crippen LogP contribution in [0.25, 0.3) is 0 Å². The number of benzene rings is 2. The highest BCUT2D eigenvalue weighted by Crippen LogP contribution is 2.16. The molecule has 4 nitrogen and oxygen atoms in total. The summed E-state index contributed by atoms with van der Waals surface area (Å²) in [6.45, 7) is 6.64. The summed E-state index contributed by atoms with van der Waals surface area (Å²) < 4.78 is 13.3. The lowest BCUT2D eigenvalue weighted by atomic mass is 10.1. The molecule has 0 saturated carbocycles. The first-order valence-electron chi connectivity index (χ1n) is 9.97. The van der Waals surface area contributed by atoms with Gasteiger partial charge in [0.25, 0.3) is 5.91 Å². The van der Waals surface area contributed by atoms with Crippen LogP contribution in [0.5, 0.6) is 0 Å². The standard InChI is InChI=1S/C25H25FN2O2S/c1-3-14-27(25(30)21-10-6-19(2)7-11-21)18-24(29)28(17-23-5-4-15-31-23)16-20-8-12-22(26)13-9-20/h3-13,15H,1,14,16-18H2,2H3. The molecule has 3 rings (SSSR count). The van der Waals surface area contributed by atoms with Gasteiger partial charge >= 0.3 is 0 Å². The molecule has 0 aliphatic rings. The van der Waals surface area contributed by atoms with Crippen LogP contribution in [-0.4, -0.2) is 34.7 Å². The first-order chi connectivity index (χ1) is 15.0. The molecule has 2 aromatic carbocycles. The molecule has 6 heteroatoms. The number of thiophene rings is 1. The maximum Gasteiger partial charge on any atom is 0.254 e. The van der Waals surface area contributed by atoms with Gasteiger partial charge in [0, 0.05) is 23.5 Å². The summed E-state index contributed by atoms with van der Waals surface area (Å²) in [5, 5.41) is 1.96. The van der Waals surface area contributed by atoms with Crippen LogP contribution < -0.4 is 0 Å². The zero-order chi connectivity index (χ0) is 22.2. The Morgan fingerprint density at radius 1 is 1.00 bits per heavy atom. The van der Waals surface area contributed by atoms with Crippen LogP contribution in [-0.2, 0) is 17.9 Å². The van der Waals surface area contributed by atoms with Crippen molar-refractivity contribution in [2.75, 3.05) is 13.1 Å². The number of carbonyl (C=O) groups excluding carboxylic acids is 2. The van der Waals surface area contributed by atoms with Crippen molar-refractivity contribution in [1.29, 1.82) is 0 Å². The lowest BCUT2D eigenvalue weighted by molar-refractivity contribution is -0.133. The van der Waals surface area contributed by atoms with Crippen LogP contribution in [0, 0.1) is 12.7 Å². The van der Waals surface area contributed by atoms with Crippen LogP contribution in [0.1, 0.15) is 26.4 Å². The number of amides is 2. The monoisotopic (exact) mass is 436 g/mol. The molecule has 2 amide bonds. The molecule has 0 aliphatic heterocycles. The smallest absolute Gasteiger partial charge is 0.254 e. The van der Waals surface area contributed by atoms with E-state index in [-0.39, 0.29) is 30.7 Å². The first kappa shape index (κ1) is 22.4. The zero-order valence-corrected chi connectivity index (χ0v) is 18.3. The molecule has 0 aliphatic carbocycles. The van der Waals surface area contributed by atoms with Crippen molar-refractivity contribution in [2.45, 2.75) is 20.0 Å². The normalized spacial score (nSPS) is 10.5. The third-order valence-electron chi connectivity index (χ3n) is 4.83. The Morgan fingerprint density at radius 3 is 2.32 bits per heavy atom. The van der Waals surface area contributed by atoms with Crippen molar-refractivity contribution in [2.24, 2.45) is 0 Å². The minimum atomic E-state index is -0.319. The molecule has 0 saturated heterocycles. The van der Waals surface area contributed by atoms with Crippen LogP contribution in [0.15, 0.2) is 78.7 Å². The average Bonchev–Trinajstić information content (AvgIpc) is 3.27. The summed E-state index contributed by atoms with van der Waals surface area (Å²) in [7, 11) is 0. The van der Waals surface area contributed by atoms with Crippen molar-refractivity contribution in [3.8, 4) is 0 Å². The third kappa shape index (κ3) is 6.36. The van der Waals surface area contributed by atoms with E-state index in [0.29, 0.717) is 18.7 Å². The molecule has 0 fully saturated rings. The van der Waals surface area contributed by atoms with E-state index in [2.05, 4.69) is 6.58 Å². The predicted octanol–water partition coefficient (Wildman–Crippen LogP) is 5.05. The Kier molecular flexibility index (Phi) is 7.73. The highest BCUT2D eigenvalue weighted by molar-refractivity contribution is 7.09. The SMILES string of the molecule is C=CCN(CC(=O)N(Cc1ccc(F)cc1)Cc1cccs1)C(=O)c1ccc(C)cc1. The van der Waals surface area contributed by atoms with Crippen molar-refractivity contribution in [3.63, 3.8) is 0 Å². The summed E-state index contributed by atoms with van der Waals surface area (Å²) in [5.74, 6) is -0.716. The fraction of sp³-hybridized carbons (Fsp3) is 0.200. The fourth-order valence-electron chi connectivity index (χ4n) is 3.15. The van der Waals surface area contributed by atoms with E-state index >= 15 is 0 Å². The Bertz CT molecular complexity index is 1010. The van der Waals surface area contributed by atoms with Crippen LogP contribution >= 0.6 is 11.3 Å². The highest BCUT2D eigenvalue weighted by Gasteiger charge is 2.22. The zero-order valence-electron chi connectivity index (χ0n) is 17.5. The van der Waals surface area contributed by atoms with E-state index in [1.54, 1.807) is 46.6 Å². The molecule has 0 bridgehead atoms. The van der Waals surface area contributed by atoms with Gasteiger partial charge in [0.05, 0.1) is 6.54 Å². The molecule has 0 unspecified atom stereocenters. The maximum absolute atomic E-state index is 13.3. The summed E-state index contributed by atoms with van der Waals surface area (Å²) in [5.41, 5.74) is 2.42. The summed E-state index contributed by atoms with van der Waals surface area (Å²) in [4.78, 5) is 30.5. The number of aryl methyl sites for hydroxylation is 1. The van der Waals surface area contributed by atoms with Gasteiger partial charge in [-0.2, -0.15) is 0 Å². The average molecular weight is 437 g/mol. The number of carbonyl (C=O) groups is 2. The minimum Gasteiger partial charge on any atom is -0.332 e. The van der Waals surface area contributed by atoms with E-state index < -0.39 is 0 Å². The van der Waals surface area contributed by atoms with Gasteiger partial charge in [0.2, 0.25) is 5.91 Å². The Labute approximate surface area is 186 Å². The molecule has 160 valence electrons. The van der Waals surface area contributed by atoms with E-state index in [0.717, 1.165) is 16.0 Å². The van der Waals surface area contributed by atoms with Gasteiger partial charge in [-0.15, -0.1) is 17.9 Å². The van der Waals surface area contributed by atoms with Gasteiger partial charge in [0.15, 0.2) is 0 Å². The Morgan fingerprint density at radius 2 is 1.71 bits per heavy atom. The summed E-state index contributed by atoms with van der Waals surface area (Å²) in [6.07, 6.45) is 1.61. The number of hydrogen-bond donors (Lipinski definition) is 0.